The van der Waals surface area contributed by atoms with Crippen LogP contribution in [0.5, 0.6) is 0 Å². The second kappa shape index (κ2) is 6.87. The Balaban J connectivity index is 1.35. The first-order valence-electron chi connectivity index (χ1n) is 11.0. The van der Waals surface area contributed by atoms with Crippen LogP contribution in [0.1, 0.15) is 73.6 Å². The van der Waals surface area contributed by atoms with Crippen LogP contribution in [0.3, 0.4) is 0 Å². The third-order valence-electron chi connectivity index (χ3n) is 7.43. The number of hydrazone groups is 1. The molecule has 2 atom stereocenters. The number of pyridine rings is 1. The van der Waals surface area contributed by atoms with Gasteiger partial charge in [0.25, 0.3) is 5.91 Å². The fourth-order valence-corrected chi connectivity index (χ4v) is 8.59. The van der Waals surface area contributed by atoms with Crippen molar-refractivity contribution in [1.82, 2.24) is 20.2 Å². The smallest absolute Gasteiger partial charge is 0.267 e. The molecule has 0 aromatic carbocycles. The fourth-order valence-electron chi connectivity index (χ4n) is 7.08. The van der Waals surface area contributed by atoms with Gasteiger partial charge in [0.15, 0.2) is 5.65 Å². The number of aryl methyl sites for hydroxylation is 3. The molecule has 4 bridgehead atoms. The summed E-state index contributed by atoms with van der Waals surface area (Å²) in [6, 6.07) is 1.82. The molecule has 4 aliphatic rings. The van der Waals surface area contributed by atoms with E-state index in [4.69, 9.17) is 0 Å². The Kier molecular flexibility index (Phi) is 4.62. The molecule has 160 valence electrons. The van der Waals surface area contributed by atoms with E-state index in [2.05, 4.69) is 43.5 Å². The van der Waals surface area contributed by atoms with Crippen LogP contribution < -0.4 is 5.43 Å². The summed E-state index contributed by atoms with van der Waals surface area (Å²) in [4.78, 5) is 17.5. The average molecular weight is 472 g/mol. The Bertz CT molecular complexity index is 1060. The highest BCUT2D eigenvalue weighted by molar-refractivity contribution is 9.10. The number of carbonyl (C=O) groups is 1. The predicted octanol–water partition coefficient (Wildman–Crippen LogP) is 4.81. The number of hydrogen-bond acceptors (Lipinski definition) is 4. The Labute approximate surface area is 186 Å². The van der Waals surface area contributed by atoms with Crippen LogP contribution in [0.15, 0.2) is 11.2 Å². The highest BCUT2D eigenvalue weighted by atomic mass is 79.9. The van der Waals surface area contributed by atoms with E-state index in [1.165, 1.54) is 38.5 Å². The molecule has 2 aromatic heterocycles. The normalized spacial score (nSPS) is 32.8. The minimum atomic E-state index is -0.191. The largest absolute Gasteiger partial charge is 0.272 e. The van der Waals surface area contributed by atoms with Gasteiger partial charge in [-0.2, -0.15) is 10.2 Å². The first-order chi connectivity index (χ1) is 14.2. The number of alkyl halides is 1. The lowest BCUT2D eigenvalue weighted by Gasteiger charge is -2.60. The Morgan fingerprint density at radius 2 is 2.00 bits per heavy atom. The van der Waals surface area contributed by atoms with E-state index in [-0.39, 0.29) is 5.91 Å². The minimum absolute atomic E-state index is 0.191. The zero-order valence-corrected chi connectivity index (χ0v) is 19.8. The van der Waals surface area contributed by atoms with Crippen LogP contribution in [0.4, 0.5) is 0 Å². The molecule has 2 aromatic rings. The van der Waals surface area contributed by atoms with Gasteiger partial charge in [0.1, 0.15) is 0 Å². The zero-order valence-electron chi connectivity index (χ0n) is 18.3. The van der Waals surface area contributed by atoms with E-state index in [0.717, 1.165) is 46.4 Å². The van der Waals surface area contributed by atoms with Crippen molar-refractivity contribution < 1.29 is 4.79 Å². The van der Waals surface area contributed by atoms with Crippen molar-refractivity contribution in [2.45, 2.75) is 70.0 Å². The van der Waals surface area contributed by atoms with E-state index in [9.17, 15) is 4.79 Å². The van der Waals surface area contributed by atoms with Crippen LogP contribution in [0.2, 0.25) is 0 Å². The van der Waals surface area contributed by atoms with Crippen molar-refractivity contribution in [1.29, 1.82) is 0 Å². The second-order valence-electron chi connectivity index (χ2n) is 10.3. The van der Waals surface area contributed by atoms with E-state index in [1.807, 2.05) is 27.0 Å². The lowest BCUT2D eigenvalue weighted by Crippen LogP contribution is -2.53. The lowest BCUT2D eigenvalue weighted by molar-refractivity contribution is -0.0303. The Morgan fingerprint density at radius 3 is 2.67 bits per heavy atom. The molecular weight excluding hydrogens is 442 g/mol. The molecule has 4 fully saturated rings. The van der Waals surface area contributed by atoms with Gasteiger partial charge in [-0.05, 0) is 89.0 Å². The number of nitrogens with zero attached hydrogens (tertiary/aromatic N) is 4. The predicted molar refractivity (Wildman–Crippen MR) is 122 cm³/mol. The summed E-state index contributed by atoms with van der Waals surface area (Å²) >= 11 is 4.09. The topological polar surface area (TPSA) is 72.2 Å². The lowest BCUT2D eigenvalue weighted by atomic mass is 9.48. The summed E-state index contributed by atoms with van der Waals surface area (Å²) in [5.74, 6) is 1.52. The molecule has 1 amide bonds. The van der Waals surface area contributed by atoms with Crippen molar-refractivity contribution in [3.8, 4) is 0 Å². The van der Waals surface area contributed by atoms with Gasteiger partial charge in [-0.1, -0.05) is 15.9 Å². The highest BCUT2D eigenvalue weighted by Gasteiger charge is 2.56. The summed E-state index contributed by atoms with van der Waals surface area (Å²) in [6.07, 6.45) is 8.93. The van der Waals surface area contributed by atoms with Crippen LogP contribution in [-0.4, -0.2) is 30.7 Å². The third-order valence-corrected chi connectivity index (χ3v) is 8.36. The molecule has 4 saturated carbocycles. The Morgan fingerprint density at radius 1 is 1.30 bits per heavy atom. The number of halogens is 1. The summed E-state index contributed by atoms with van der Waals surface area (Å²) in [6.45, 7) is 5.87. The van der Waals surface area contributed by atoms with Gasteiger partial charge in [0, 0.05) is 22.8 Å². The summed E-state index contributed by atoms with van der Waals surface area (Å²) in [7, 11) is 1.86. The number of amides is 1. The van der Waals surface area contributed by atoms with Gasteiger partial charge in [-0.25, -0.2) is 10.4 Å². The molecule has 30 heavy (non-hydrogen) atoms. The van der Waals surface area contributed by atoms with Crippen LogP contribution >= 0.6 is 15.9 Å². The van der Waals surface area contributed by atoms with Crippen LogP contribution in [0, 0.1) is 31.1 Å². The molecule has 4 aliphatic carbocycles. The number of rotatable bonds is 4. The molecule has 0 aliphatic heterocycles. The maximum atomic E-state index is 13.0. The maximum Gasteiger partial charge on any atom is 0.272 e. The highest BCUT2D eigenvalue weighted by Crippen LogP contribution is 2.65. The first kappa shape index (κ1) is 20.2. The van der Waals surface area contributed by atoms with Gasteiger partial charge < -0.3 is 0 Å². The second-order valence-corrected chi connectivity index (χ2v) is 12.0. The molecule has 0 radical (unpaired) electrons. The fraction of sp³-hybridized carbons (Fsp3) is 0.652. The number of aromatic nitrogens is 3. The number of carbonyl (C=O) groups excluding carboxylic acids is 1. The molecule has 0 saturated heterocycles. The maximum absolute atomic E-state index is 13.0. The third kappa shape index (κ3) is 3.39. The number of fused-ring (bicyclic) bond motifs is 1. The Hall–Kier alpha value is -1.76. The SMILES string of the molecule is CC(CC12CC3CC(CC(Br)(C3)C1)C2)=NNC(=O)c1cc(C)nc2c1c(C)nn2C. The van der Waals surface area contributed by atoms with Crippen LogP contribution in [0.25, 0.3) is 11.0 Å². The molecule has 6 rings (SSSR count). The molecule has 6 nitrogen and oxygen atoms in total. The minimum Gasteiger partial charge on any atom is -0.267 e. The standard InChI is InChI=1S/C23H30BrN5O/c1-13-5-18(19-15(3)28-29(4)20(19)25-13)21(30)27-26-14(2)7-22-8-16-6-17(9-22)11-23(24,10-16)12-22/h5,16-17H,6-12H2,1-4H3,(H,27,30). The summed E-state index contributed by atoms with van der Waals surface area (Å²) in [5, 5.41) is 9.76. The van der Waals surface area contributed by atoms with Crippen molar-refractivity contribution in [3.05, 3.63) is 23.0 Å². The molecule has 2 heterocycles. The molecule has 2 unspecified atom stereocenters. The number of nitrogens with one attached hydrogen (secondary N) is 1. The van der Waals surface area contributed by atoms with Crippen LogP contribution in [-0.2, 0) is 7.05 Å². The van der Waals surface area contributed by atoms with Crippen molar-refractivity contribution in [2.75, 3.05) is 0 Å². The van der Waals surface area contributed by atoms with Gasteiger partial charge in [0.2, 0.25) is 0 Å². The monoisotopic (exact) mass is 471 g/mol. The summed E-state index contributed by atoms with van der Waals surface area (Å²) in [5.41, 5.74) is 7.12. The van der Waals surface area contributed by atoms with E-state index in [1.54, 1.807) is 4.68 Å². The van der Waals surface area contributed by atoms with Gasteiger partial charge in [0.05, 0.1) is 16.6 Å². The molecule has 1 N–H and O–H groups in total. The zero-order chi connectivity index (χ0) is 21.3. The molecular formula is C23H30BrN5O. The quantitative estimate of drug-likeness (QED) is 0.394. The average Bonchev–Trinajstić information content (AvgIpc) is 2.90. The summed E-state index contributed by atoms with van der Waals surface area (Å²) < 4.78 is 2.07. The van der Waals surface area contributed by atoms with Gasteiger partial charge in [-0.15, -0.1) is 0 Å². The van der Waals surface area contributed by atoms with E-state index in [0.29, 0.717) is 15.3 Å². The molecule has 0 spiro atoms. The van der Waals surface area contributed by atoms with Gasteiger partial charge >= 0.3 is 0 Å². The van der Waals surface area contributed by atoms with Crippen molar-refractivity contribution in [3.63, 3.8) is 0 Å². The molecule has 7 heteroatoms. The number of hydrogen-bond donors (Lipinski definition) is 1. The van der Waals surface area contributed by atoms with E-state index >= 15 is 0 Å². The first-order valence-corrected chi connectivity index (χ1v) is 11.8. The van der Waals surface area contributed by atoms with E-state index < -0.39 is 0 Å². The van der Waals surface area contributed by atoms with Crippen molar-refractivity contribution in [2.24, 2.45) is 29.4 Å². The van der Waals surface area contributed by atoms with Gasteiger partial charge in [-0.3, -0.25) is 9.48 Å². The van der Waals surface area contributed by atoms with Crippen molar-refractivity contribution >= 4 is 38.6 Å².